The van der Waals surface area contributed by atoms with Gasteiger partial charge in [0.25, 0.3) is 5.95 Å². The Balaban J connectivity index is 1.66. The zero-order valence-corrected chi connectivity index (χ0v) is 14.2. The third-order valence-corrected chi connectivity index (χ3v) is 4.25. The fourth-order valence-corrected chi connectivity index (χ4v) is 3.01. The van der Waals surface area contributed by atoms with E-state index < -0.39 is 0 Å². The second-order valence-corrected chi connectivity index (χ2v) is 6.18. The van der Waals surface area contributed by atoms with Crippen molar-refractivity contribution in [2.45, 2.75) is 6.42 Å². The van der Waals surface area contributed by atoms with E-state index in [1.54, 1.807) is 0 Å². The van der Waals surface area contributed by atoms with Gasteiger partial charge in [-0.25, -0.2) is 0 Å². The number of rotatable bonds is 3. The Bertz CT molecular complexity index is 1090. The lowest BCUT2D eigenvalue weighted by molar-refractivity contribution is -0.115. The lowest BCUT2D eigenvalue weighted by atomic mass is 10.1. The van der Waals surface area contributed by atoms with E-state index in [9.17, 15) is 4.79 Å². The minimum atomic E-state index is -0.186. The number of carbonyl (C=O) groups is 1. The Morgan fingerprint density at radius 1 is 1.16 bits per heavy atom. The molecular weight excluding hydrogens is 338 g/mol. The summed E-state index contributed by atoms with van der Waals surface area (Å²) in [5.41, 5.74) is 3.17. The van der Waals surface area contributed by atoms with Crippen molar-refractivity contribution >= 4 is 45.5 Å². The van der Waals surface area contributed by atoms with Gasteiger partial charge in [-0.15, -0.1) is 10.2 Å². The van der Waals surface area contributed by atoms with Crippen LogP contribution in [0.15, 0.2) is 48.5 Å². The average molecular weight is 352 g/mol. The van der Waals surface area contributed by atoms with Gasteiger partial charge in [0.15, 0.2) is 5.65 Å². The number of amides is 1. The van der Waals surface area contributed by atoms with Gasteiger partial charge in [0.1, 0.15) is 5.52 Å². The average Bonchev–Trinajstić information content (AvgIpc) is 2.87. The Hall–Kier alpha value is -2.99. The number of hydrogen-bond donors (Lipinski definition) is 1. The smallest absolute Gasteiger partial charge is 0.251 e. The highest BCUT2D eigenvalue weighted by atomic mass is 35.5. The molecule has 0 aliphatic rings. The highest BCUT2D eigenvalue weighted by molar-refractivity contribution is 6.31. The van der Waals surface area contributed by atoms with Crippen molar-refractivity contribution in [3.8, 4) is 0 Å². The summed E-state index contributed by atoms with van der Waals surface area (Å²) in [6.07, 6.45) is 0.257. The number of nitrogens with one attached hydrogen (secondary N) is 1. The van der Waals surface area contributed by atoms with Gasteiger partial charge >= 0.3 is 0 Å². The molecule has 0 atom stereocenters. The van der Waals surface area contributed by atoms with E-state index in [2.05, 4.69) is 20.5 Å². The minimum Gasteiger partial charge on any atom is -0.327 e. The second-order valence-electron chi connectivity index (χ2n) is 5.74. The van der Waals surface area contributed by atoms with E-state index in [0.717, 1.165) is 16.5 Å². The third kappa shape index (κ3) is 2.92. The topological polar surface area (TPSA) is 72.7 Å². The maximum absolute atomic E-state index is 12.2. The molecule has 0 aliphatic carbocycles. The highest BCUT2D eigenvalue weighted by Crippen LogP contribution is 2.27. The molecule has 1 N–H and O–H groups in total. The first-order valence-electron chi connectivity index (χ1n) is 7.74. The number of nitrogens with zero attached hydrogens (tertiary/aromatic N) is 4. The zero-order chi connectivity index (χ0) is 17.4. The van der Waals surface area contributed by atoms with Crippen LogP contribution in [-0.4, -0.2) is 25.7 Å². The molecule has 2 heterocycles. The largest absolute Gasteiger partial charge is 0.327 e. The lowest BCUT2D eigenvalue weighted by Crippen LogP contribution is -2.17. The molecule has 0 bridgehead atoms. The molecule has 6 nitrogen and oxygen atoms in total. The Kier molecular flexibility index (Phi) is 3.82. The first-order chi connectivity index (χ1) is 12.1. The maximum atomic E-state index is 12.2. The molecule has 0 spiro atoms. The van der Waals surface area contributed by atoms with E-state index in [0.29, 0.717) is 16.2 Å². The van der Waals surface area contributed by atoms with Gasteiger partial charge in [-0.1, -0.05) is 41.9 Å². The predicted molar refractivity (Wildman–Crippen MR) is 97.6 cm³/mol. The summed E-state index contributed by atoms with van der Waals surface area (Å²) in [7, 11) is 1.89. The molecule has 0 radical (unpaired) electrons. The molecule has 0 saturated carbocycles. The Labute approximate surface area is 148 Å². The summed E-state index contributed by atoms with van der Waals surface area (Å²) in [4.78, 5) is 16.6. The number of aromatic nitrogens is 4. The van der Waals surface area contributed by atoms with Crippen molar-refractivity contribution in [3.63, 3.8) is 0 Å². The molecular formula is C18H14ClN5O. The van der Waals surface area contributed by atoms with Crippen LogP contribution in [0.25, 0.3) is 22.1 Å². The summed E-state index contributed by atoms with van der Waals surface area (Å²) in [5.74, 6) is -0.000377. The molecule has 0 aliphatic heterocycles. The van der Waals surface area contributed by atoms with Crippen LogP contribution in [0.2, 0.25) is 5.02 Å². The van der Waals surface area contributed by atoms with Crippen LogP contribution >= 0.6 is 11.6 Å². The highest BCUT2D eigenvalue weighted by Gasteiger charge is 2.14. The van der Waals surface area contributed by atoms with Crippen molar-refractivity contribution in [3.05, 3.63) is 59.1 Å². The lowest BCUT2D eigenvalue weighted by Gasteiger charge is -2.03. The fourth-order valence-electron chi connectivity index (χ4n) is 2.83. The van der Waals surface area contributed by atoms with Gasteiger partial charge in [0, 0.05) is 17.5 Å². The summed E-state index contributed by atoms with van der Waals surface area (Å²) in [5, 5.41) is 12.5. The zero-order valence-electron chi connectivity index (χ0n) is 13.4. The van der Waals surface area contributed by atoms with Crippen LogP contribution in [0, 0.1) is 0 Å². The molecule has 0 fully saturated rings. The third-order valence-electron chi connectivity index (χ3n) is 4.02. The van der Waals surface area contributed by atoms with Gasteiger partial charge in [-0.05, 0) is 23.8 Å². The first kappa shape index (κ1) is 15.5. The molecule has 2 aromatic carbocycles. The van der Waals surface area contributed by atoms with E-state index in [1.807, 2.05) is 60.1 Å². The Morgan fingerprint density at radius 2 is 1.96 bits per heavy atom. The molecule has 4 aromatic rings. The molecule has 124 valence electrons. The number of aryl methyl sites for hydroxylation is 1. The van der Waals surface area contributed by atoms with Crippen LogP contribution in [0.5, 0.6) is 0 Å². The number of carbonyl (C=O) groups excluding carboxylic acids is 1. The number of anilines is 1. The van der Waals surface area contributed by atoms with Crippen molar-refractivity contribution < 1.29 is 4.79 Å². The molecule has 2 aromatic heterocycles. The molecule has 25 heavy (non-hydrogen) atoms. The number of fused-ring (bicyclic) bond motifs is 3. The van der Waals surface area contributed by atoms with Crippen LogP contribution in [0.4, 0.5) is 5.95 Å². The van der Waals surface area contributed by atoms with E-state index in [4.69, 9.17) is 11.6 Å². The number of halogens is 1. The molecule has 4 rings (SSSR count). The predicted octanol–water partition coefficient (Wildman–Crippen LogP) is 3.35. The van der Waals surface area contributed by atoms with Gasteiger partial charge in [-0.2, -0.15) is 4.98 Å². The van der Waals surface area contributed by atoms with Gasteiger partial charge < -0.3 is 4.57 Å². The summed E-state index contributed by atoms with van der Waals surface area (Å²) < 4.78 is 1.91. The molecule has 7 heteroatoms. The Morgan fingerprint density at radius 3 is 2.76 bits per heavy atom. The number of benzene rings is 2. The van der Waals surface area contributed by atoms with Crippen molar-refractivity contribution in [2.75, 3.05) is 5.32 Å². The molecule has 0 unspecified atom stereocenters. The SMILES string of the molecule is Cn1c2ccc(Cl)cc2c2nnc(NC(=O)Cc3ccccc3)nc21. The normalized spacial score (nSPS) is 11.1. The van der Waals surface area contributed by atoms with Crippen LogP contribution in [-0.2, 0) is 18.3 Å². The van der Waals surface area contributed by atoms with Crippen LogP contribution in [0.3, 0.4) is 0 Å². The monoisotopic (exact) mass is 351 g/mol. The summed E-state index contributed by atoms with van der Waals surface area (Å²) >= 11 is 6.07. The van der Waals surface area contributed by atoms with Gasteiger partial charge in [0.05, 0.1) is 11.9 Å². The molecule has 0 saturated heterocycles. The van der Waals surface area contributed by atoms with E-state index in [1.165, 1.54) is 0 Å². The quantitative estimate of drug-likeness (QED) is 0.614. The van der Waals surface area contributed by atoms with Crippen LogP contribution in [0.1, 0.15) is 5.56 Å². The fraction of sp³-hybridized carbons (Fsp3) is 0.111. The first-order valence-corrected chi connectivity index (χ1v) is 8.12. The van der Waals surface area contributed by atoms with Crippen molar-refractivity contribution in [2.24, 2.45) is 7.05 Å². The van der Waals surface area contributed by atoms with Gasteiger partial charge in [-0.3, -0.25) is 10.1 Å². The second kappa shape index (κ2) is 6.14. The number of hydrogen-bond acceptors (Lipinski definition) is 4. The summed E-state index contributed by atoms with van der Waals surface area (Å²) in [6, 6.07) is 15.1. The van der Waals surface area contributed by atoms with E-state index >= 15 is 0 Å². The molecule has 1 amide bonds. The standard InChI is InChI=1S/C18H14ClN5O/c1-24-14-8-7-12(19)10-13(14)16-17(24)21-18(23-22-16)20-15(25)9-11-5-3-2-4-6-11/h2-8,10H,9H2,1H3,(H,20,21,23,25). The van der Waals surface area contributed by atoms with Crippen LogP contribution < -0.4 is 5.32 Å². The minimum absolute atomic E-state index is 0.186. The van der Waals surface area contributed by atoms with E-state index in [-0.39, 0.29) is 18.3 Å². The maximum Gasteiger partial charge on any atom is 0.251 e. The summed E-state index contributed by atoms with van der Waals surface area (Å²) in [6.45, 7) is 0. The van der Waals surface area contributed by atoms with Crippen molar-refractivity contribution in [1.82, 2.24) is 19.7 Å². The van der Waals surface area contributed by atoms with Crippen molar-refractivity contribution in [1.29, 1.82) is 0 Å². The van der Waals surface area contributed by atoms with Gasteiger partial charge in [0.2, 0.25) is 5.91 Å².